The molecule has 4 atom stereocenters. The third-order valence-corrected chi connectivity index (χ3v) is 5.96. The van der Waals surface area contributed by atoms with Crippen molar-refractivity contribution in [1.82, 2.24) is 25.3 Å². The van der Waals surface area contributed by atoms with Crippen LogP contribution in [-0.4, -0.2) is 63.6 Å². The number of nitrogens with one attached hydrogen (secondary N) is 2. The molecule has 1 aromatic rings. The Morgan fingerprint density at radius 1 is 1.23 bits per heavy atom. The van der Waals surface area contributed by atoms with Crippen LogP contribution >= 0.6 is 24.0 Å². The van der Waals surface area contributed by atoms with Gasteiger partial charge in [0.2, 0.25) is 11.8 Å². The Kier molecular flexibility index (Phi) is 7.28. The van der Waals surface area contributed by atoms with Crippen LogP contribution in [0.15, 0.2) is 29.5 Å². The van der Waals surface area contributed by atoms with Gasteiger partial charge in [0.1, 0.15) is 12.4 Å². The fraction of sp³-hybridized carbons (Fsp3) is 0.579. The van der Waals surface area contributed by atoms with Gasteiger partial charge in [-0.15, -0.1) is 24.0 Å². The summed E-state index contributed by atoms with van der Waals surface area (Å²) < 4.78 is 1.47. The molecule has 1 saturated carbocycles. The van der Waals surface area contributed by atoms with Gasteiger partial charge in [-0.2, -0.15) is 5.10 Å². The predicted molar refractivity (Wildman–Crippen MR) is 123 cm³/mol. The lowest BCUT2D eigenvalue weighted by molar-refractivity contribution is -0.385. The molecule has 2 heterocycles. The van der Waals surface area contributed by atoms with E-state index in [-0.39, 0.29) is 65.2 Å². The molecule has 2 bridgehead atoms. The molecule has 11 nitrogen and oxygen atoms in total. The van der Waals surface area contributed by atoms with E-state index in [1.807, 2.05) is 6.92 Å². The van der Waals surface area contributed by atoms with Crippen molar-refractivity contribution in [3.8, 4) is 0 Å². The van der Waals surface area contributed by atoms with Crippen molar-refractivity contribution in [3.63, 3.8) is 0 Å². The number of hydrogen-bond donors (Lipinski definition) is 2. The highest BCUT2D eigenvalue weighted by Gasteiger charge is 2.58. The van der Waals surface area contributed by atoms with E-state index in [9.17, 15) is 19.7 Å². The van der Waals surface area contributed by atoms with Crippen LogP contribution in [0.4, 0.5) is 5.69 Å². The smallest absolute Gasteiger partial charge is 0.306 e. The van der Waals surface area contributed by atoms with Gasteiger partial charge in [-0.05, 0) is 25.2 Å². The fourth-order valence-corrected chi connectivity index (χ4v) is 4.65. The zero-order chi connectivity index (χ0) is 21.3. The highest BCUT2D eigenvalue weighted by Crippen LogP contribution is 2.52. The molecule has 4 rings (SSSR count). The summed E-state index contributed by atoms with van der Waals surface area (Å²) in [5, 5.41) is 20.9. The SMILES string of the molecule is CCNC(=NCCn1cc([N+](=O)[O-])cn1)NCCN1C(=O)C2C3C=CC(C3)C2C1=O.I. The van der Waals surface area contributed by atoms with Crippen LogP contribution in [0.1, 0.15) is 13.3 Å². The number of nitro groups is 1. The molecule has 168 valence electrons. The van der Waals surface area contributed by atoms with Gasteiger partial charge in [0.25, 0.3) is 0 Å². The van der Waals surface area contributed by atoms with Crippen molar-refractivity contribution in [2.75, 3.05) is 26.2 Å². The van der Waals surface area contributed by atoms with Gasteiger partial charge in [-0.3, -0.25) is 34.3 Å². The molecule has 4 unspecified atom stereocenters. The van der Waals surface area contributed by atoms with Crippen molar-refractivity contribution in [1.29, 1.82) is 0 Å². The molecule has 2 aliphatic carbocycles. The summed E-state index contributed by atoms with van der Waals surface area (Å²) in [7, 11) is 0. The summed E-state index contributed by atoms with van der Waals surface area (Å²) in [4.78, 5) is 41.4. The molecule has 0 radical (unpaired) electrons. The van der Waals surface area contributed by atoms with Crippen molar-refractivity contribution >= 4 is 47.4 Å². The number of amides is 2. The second-order valence-electron chi connectivity index (χ2n) is 7.73. The van der Waals surface area contributed by atoms with E-state index in [1.165, 1.54) is 22.0 Å². The van der Waals surface area contributed by atoms with E-state index in [1.54, 1.807) is 0 Å². The minimum Gasteiger partial charge on any atom is -0.357 e. The quantitative estimate of drug-likeness (QED) is 0.0941. The average Bonchev–Trinajstić information content (AvgIpc) is 3.48. The van der Waals surface area contributed by atoms with Gasteiger partial charge in [0.05, 0.1) is 29.8 Å². The van der Waals surface area contributed by atoms with Gasteiger partial charge in [0.15, 0.2) is 5.96 Å². The lowest BCUT2D eigenvalue weighted by atomic mass is 9.85. The fourth-order valence-electron chi connectivity index (χ4n) is 4.65. The molecule has 1 aromatic heterocycles. The number of rotatable bonds is 8. The van der Waals surface area contributed by atoms with Crippen LogP contribution in [-0.2, 0) is 16.1 Å². The van der Waals surface area contributed by atoms with Crippen molar-refractivity contribution in [2.45, 2.75) is 19.9 Å². The molecule has 1 aliphatic heterocycles. The lowest BCUT2D eigenvalue weighted by Gasteiger charge is -2.18. The number of likely N-dealkylation sites (tertiary alicyclic amines) is 1. The highest BCUT2D eigenvalue weighted by molar-refractivity contribution is 14.0. The maximum absolute atomic E-state index is 12.7. The molecule has 31 heavy (non-hydrogen) atoms. The minimum atomic E-state index is -0.491. The van der Waals surface area contributed by atoms with E-state index in [0.717, 1.165) is 6.42 Å². The molecule has 2 N–H and O–H groups in total. The molecule has 0 spiro atoms. The Morgan fingerprint density at radius 3 is 2.48 bits per heavy atom. The first-order chi connectivity index (χ1) is 14.5. The Labute approximate surface area is 196 Å². The Balaban J connectivity index is 0.00000272. The monoisotopic (exact) mass is 543 g/mol. The summed E-state index contributed by atoms with van der Waals surface area (Å²) in [6.07, 6.45) is 7.66. The molecule has 2 amide bonds. The second kappa shape index (κ2) is 9.75. The molecular formula is C19H26IN7O4. The third-order valence-electron chi connectivity index (χ3n) is 5.96. The van der Waals surface area contributed by atoms with Crippen molar-refractivity contribution in [3.05, 3.63) is 34.7 Å². The number of fused-ring (bicyclic) bond motifs is 5. The first-order valence-electron chi connectivity index (χ1n) is 10.2. The third kappa shape index (κ3) is 4.57. The van der Waals surface area contributed by atoms with Crippen LogP contribution in [0.25, 0.3) is 0 Å². The summed E-state index contributed by atoms with van der Waals surface area (Å²) in [6, 6.07) is 0. The summed E-state index contributed by atoms with van der Waals surface area (Å²) >= 11 is 0. The number of aliphatic imine (C=N–C) groups is 1. The zero-order valence-electron chi connectivity index (χ0n) is 17.1. The molecule has 12 heteroatoms. The van der Waals surface area contributed by atoms with Gasteiger partial charge < -0.3 is 10.6 Å². The number of allylic oxidation sites excluding steroid dienone is 2. The number of halogens is 1. The lowest BCUT2D eigenvalue weighted by Crippen LogP contribution is -2.43. The topological polar surface area (TPSA) is 135 Å². The van der Waals surface area contributed by atoms with E-state index in [2.05, 4.69) is 32.9 Å². The van der Waals surface area contributed by atoms with Gasteiger partial charge in [0, 0.05) is 19.6 Å². The largest absolute Gasteiger partial charge is 0.357 e. The highest BCUT2D eigenvalue weighted by atomic mass is 127. The molecule has 1 saturated heterocycles. The van der Waals surface area contributed by atoms with Crippen LogP contribution < -0.4 is 10.6 Å². The number of carbonyl (C=O) groups is 2. The van der Waals surface area contributed by atoms with E-state index in [0.29, 0.717) is 38.7 Å². The summed E-state index contributed by atoms with van der Waals surface area (Å²) in [5.41, 5.74) is -0.0580. The normalized spacial score (nSPS) is 26.2. The van der Waals surface area contributed by atoms with Gasteiger partial charge >= 0.3 is 5.69 Å². The second-order valence-corrected chi connectivity index (χ2v) is 7.73. The standard InChI is InChI=1S/C19H25N7O4.HI/c1-2-20-19(21-5-7-24-11-14(10-23-24)26(29)30)22-6-8-25-17(27)15-12-3-4-13(9-12)16(15)18(25)28;/h3-4,10-13,15-16H,2,5-9H2,1H3,(H2,20,21,22);1H. The number of guanidine groups is 1. The molecular weight excluding hydrogens is 517 g/mol. The van der Waals surface area contributed by atoms with Crippen LogP contribution in [0.3, 0.4) is 0 Å². The van der Waals surface area contributed by atoms with Crippen LogP contribution in [0, 0.1) is 33.8 Å². The van der Waals surface area contributed by atoms with Crippen molar-refractivity contribution < 1.29 is 14.5 Å². The van der Waals surface area contributed by atoms with Gasteiger partial charge in [-0.1, -0.05) is 12.2 Å². The average molecular weight is 543 g/mol. The van der Waals surface area contributed by atoms with Crippen LogP contribution in [0.2, 0.25) is 0 Å². The number of nitrogens with zero attached hydrogens (tertiary/aromatic N) is 5. The van der Waals surface area contributed by atoms with Crippen LogP contribution in [0.5, 0.6) is 0 Å². The maximum atomic E-state index is 12.7. The predicted octanol–water partition coefficient (Wildman–Crippen LogP) is 0.771. The molecule has 0 aromatic carbocycles. The maximum Gasteiger partial charge on any atom is 0.306 e. The minimum absolute atomic E-state index is 0. The Morgan fingerprint density at radius 2 is 1.90 bits per heavy atom. The summed E-state index contributed by atoms with van der Waals surface area (Å²) in [6.45, 7) is 4.06. The number of hydrogen-bond acceptors (Lipinski definition) is 6. The first kappa shape index (κ1) is 23.2. The van der Waals surface area contributed by atoms with Gasteiger partial charge in [-0.25, -0.2) is 0 Å². The van der Waals surface area contributed by atoms with E-state index >= 15 is 0 Å². The molecule has 3 aliphatic rings. The Hall–Kier alpha value is -2.51. The molecule has 2 fully saturated rings. The first-order valence-corrected chi connectivity index (χ1v) is 10.2. The van der Waals surface area contributed by atoms with Crippen molar-refractivity contribution in [2.24, 2.45) is 28.7 Å². The zero-order valence-corrected chi connectivity index (χ0v) is 19.5. The van der Waals surface area contributed by atoms with E-state index < -0.39 is 4.92 Å². The Bertz CT molecular complexity index is 885. The van der Waals surface area contributed by atoms with E-state index in [4.69, 9.17) is 0 Å². The number of imide groups is 1. The summed E-state index contributed by atoms with van der Waals surface area (Å²) in [5.74, 6) is 0.537. The number of aromatic nitrogens is 2. The number of carbonyl (C=O) groups excluding carboxylic acids is 2.